The number of rotatable bonds is 2. The average Bonchev–Trinajstić information content (AvgIpc) is 2.73. The average molecular weight is 287 g/mol. The first-order chi connectivity index (χ1) is 9.67. The number of hydrogen-bond acceptors (Lipinski definition) is 4. The Morgan fingerprint density at radius 3 is 3.05 bits per heavy atom. The molecular formula is C15H14FN3S. The van der Waals surface area contributed by atoms with Gasteiger partial charge in [0.1, 0.15) is 16.9 Å². The topological polar surface area (TPSA) is 53.1 Å². The summed E-state index contributed by atoms with van der Waals surface area (Å²) in [5, 5.41) is 9.73. The maximum absolute atomic E-state index is 13.2. The van der Waals surface area contributed by atoms with Crippen LogP contribution in [0, 0.1) is 17.1 Å². The van der Waals surface area contributed by atoms with E-state index in [-0.39, 0.29) is 5.82 Å². The Labute approximate surface area is 121 Å². The minimum Gasteiger partial charge on any atom is -0.389 e. The molecule has 0 fully saturated rings. The highest BCUT2D eigenvalue weighted by Crippen LogP contribution is 2.34. The molecule has 0 saturated heterocycles. The van der Waals surface area contributed by atoms with Crippen LogP contribution in [0.3, 0.4) is 0 Å². The lowest BCUT2D eigenvalue weighted by molar-refractivity contribution is 0.248. The zero-order valence-electron chi connectivity index (χ0n) is 10.9. The maximum Gasteiger partial charge on any atom is 0.123 e. The Morgan fingerprint density at radius 2 is 2.30 bits per heavy atom. The van der Waals surface area contributed by atoms with Gasteiger partial charge in [-0.1, -0.05) is 12.1 Å². The maximum atomic E-state index is 13.2. The van der Waals surface area contributed by atoms with E-state index in [0.29, 0.717) is 10.6 Å². The number of nitrogens with two attached hydrogens (primary N) is 1. The second-order valence-electron chi connectivity index (χ2n) is 4.95. The zero-order chi connectivity index (χ0) is 14.1. The van der Waals surface area contributed by atoms with Crippen molar-refractivity contribution in [3.8, 4) is 6.07 Å². The molecule has 2 aromatic rings. The van der Waals surface area contributed by atoms with E-state index in [4.69, 9.17) is 11.0 Å². The zero-order valence-corrected chi connectivity index (χ0v) is 11.7. The number of nitriles is 1. The predicted octanol–water partition coefficient (Wildman–Crippen LogP) is 2.90. The molecule has 20 heavy (non-hydrogen) atoms. The summed E-state index contributed by atoms with van der Waals surface area (Å²) in [5.74, 6) is -0.202. The summed E-state index contributed by atoms with van der Waals surface area (Å²) in [6, 6.07) is 8.88. The highest BCUT2D eigenvalue weighted by Gasteiger charge is 2.23. The lowest BCUT2D eigenvalue weighted by Crippen LogP contribution is -2.29. The second-order valence-corrected chi connectivity index (χ2v) is 6.08. The molecular weight excluding hydrogens is 273 g/mol. The molecule has 0 spiro atoms. The minimum absolute atomic E-state index is 0.202. The number of fused-ring (bicyclic) bond motifs is 1. The van der Waals surface area contributed by atoms with Crippen molar-refractivity contribution in [1.29, 1.82) is 5.26 Å². The molecule has 1 aliphatic rings. The molecule has 0 unspecified atom stereocenters. The third kappa shape index (κ3) is 2.40. The molecule has 1 aliphatic heterocycles. The van der Waals surface area contributed by atoms with E-state index >= 15 is 0 Å². The van der Waals surface area contributed by atoms with Crippen LogP contribution in [0.4, 0.5) is 9.39 Å². The van der Waals surface area contributed by atoms with Crippen molar-refractivity contribution in [3.63, 3.8) is 0 Å². The van der Waals surface area contributed by atoms with Gasteiger partial charge in [-0.3, -0.25) is 4.90 Å². The van der Waals surface area contributed by atoms with Crippen LogP contribution in [0.15, 0.2) is 24.3 Å². The Hall–Kier alpha value is -1.90. The molecule has 5 heteroatoms. The number of hydrogen-bond donors (Lipinski definition) is 1. The van der Waals surface area contributed by atoms with Gasteiger partial charge in [-0.05, 0) is 29.7 Å². The van der Waals surface area contributed by atoms with E-state index in [1.165, 1.54) is 22.3 Å². The van der Waals surface area contributed by atoms with Crippen molar-refractivity contribution in [2.75, 3.05) is 12.3 Å². The molecule has 3 nitrogen and oxygen atoms in total. The van der Waals surface area contributed by atoms with Crippen molar-refractivity contribution in [1.82, 2.24) is 4.90 Å². The van der Waals surface area contributed by atoms with Gasteiger partial charge in [-0.15, -0.1) is 11.3 Å². The molecule has 0 aliphatic carbocycles. The Balaban J connectivity index is 1.78. The summed E-state index contributed by atoms with van der Waals surface area (Å²) in [6.45, 7) is 2.37. The molecule has 0 bridgehead atoms. The van der Waals surface area contributed by atoms with E-state index in [2.05, 4.69) is 11.0 Å². The molecule has 1 aromatic heterocycles. The summed E-state index contributed by atoms with van der Waals surface area (Å²) in [5.41, 5.74) is 8.60. The van der Waals surface area contributed by atoms with Crippen molar-refractivity contribution in [3.05, 3.63) is 51.7 Å². The normalized spacial score (nSPS) is 14.8. The molecule has 3 rings (SSSR count). The van der Waals surface area contributed by atoms with Crippen LogP contribution in [0.2, 0.25) is 0 Å². The van der Waals surface area contributed by atoms with Crippen LogP contribution in [0.25, 0.3) is 0 Å². The van der Waals surface area contributed by atoms with E-state index in [0.717, 1.165) is 37.2 Å². The van der Waals surface area contributed by atoms with Crippen LogP contribution < -0.4 is 5.73 Å². The van der Waals surface area contributed by atoms with E-state index in [1.807, 2.05) is 6.07 Å². The van der Waals surface area contributed by atoms with Gasteiger partial charge in [0, 0.05) is 24.5 Å². The molecule has 0 radical (unpaired) electrons. The largest absolute Gasteiger partial charge is 0.389 e. The third-order valence-corrected chi connectivity index (χ3v) is 4.62. The molecule has 102 valence electrons. The molecule has 0 amide bonds. The summed E-state index contributed by atoms with van der Waals surface area (Å²) < 4.78 is 13.2. The predicted molar refractivity (Wildman–Crippen MR) is 77.7 cm³/mol. The fraction of sp³-hybridized carbons (Fsp3) is 0.267. The third-order valence-electron chi connectivity index (χ3n) is 3.57. The summed E-state index contributed by atoms with van der Waals surface area (Å²) in [4.78, 5) is 3.43. The van der Waals surface area contributed by atoms with Gasteiger partial charge in [0.25, 0.3) is 0 Å². The van der Waals surface area contributed by atoms with Gasteiger partial charge in [0.2, 0.25) is 0 Å². The van der Waals surface area contributed by atoms with E-state index in [1.54, 1.807) is 12.1 Å². The smallest absolute Gasteiger partial charge is 0.123 e. The Kier molecular flexibility index (Phi) is 3.43. The molecule has 2 heterocycles. The number of thiophene rings is 1. The number of nitrogens with zero attached hydrogens (tertiary/aromatic N) is 2. The minimum atomic E-state index is -0.202. The van der Waals surface area contributed by atoms with Gasteiger partial charge < -0.3 is 5.73 Å². The van der Waals surface area contributed by atoms with Crippen molar-refractivity contribution < 1.29 is 4.39 Å². The van der Waals surface area contributed by atoms with Crippen LogP contribution in [0.1, 0.15) is 21.6 Å². The summed E-state index contributed by atoms with van der Waals surface area (Å²) >= 11 is 1.50. The lowest BCUT2D eigenvalue weighted by Gasteiger charge is -2.26. The first kappa shape index (κ1) is 13.1. The lowest BCUT2D eigenvalue weighted by atomic mass is 10.0. The van der Waals surface area contributed by atoms with E-state index in [9.17, 15) is 4.39 Å². The second kappa shape index (κ2) is 5.23. The van der Waals surface area contributed by atoms with Gasteiger partial charge in [-0.2, -0.15) is 5.26 Å². The van der Waals surface area contributed by atoms with Gasteiger partial charge in [0.05, 0.1) is 5.56 Å². The molecule has 2 N–H and O–H groups in total. The Bertz CT molecular complexity index is 687. The Morgan fingerprint density at radius 1 is 1.45 bits per heavy atom. The number of anilines is 1. The van der Waals surface area contributed by atoms with Crippen molar-refractivity contribution >= 4 is 16.3 Å². The number of benzene rings is 1. The number of halogens is 1. The van der Waals surface area contributed by atoms with Crippen molar-refractivity contribution in [2.45, 2.75) is 19.5 Å². The first-order valence-corrected chi connectivity index (χ1v) is 7.26. The van der Waals surface area contributed by atoms with Gasteiger partial charge >= 0.3 is 0 Å². The molecule has 1 aromatic carbocycles. The fourth-order valence-electron chi connectivity index (χ4n) is 2.63. The van der Waals surface area contributed by atoms with Gasteiger partial charge in [0.15, 0.2) is 0 Å². The standard InChI is InChI=1S/C15H14FN3S/c16-11-3-1-2-10(6-11)8-19-5-4-12-13(7-17)15(18)20-14(12)9-19/h1-3,6H,4-5,8-9,18H2. The highest BCUT2D eigenvalue weighted by atomic mass is 32.1. The quantitative estimate of drug-likeness (QED) is 0.924. The van der Waals surface area contributed by atoms with Gasteiger partial charge in [-0.25, -0.2) is 4.39 Å². The van der Waals surface area contributed by atoms with Crippen LogP contribution in [-0.2, 0) is 19.5 Å². The van der Waals surface area contributed by atoms with Crippen molar-refractivity contribution in [2.24, 2.45) is 0 Å². The highest BCUT2D eigenvalue weighted by molar-refractivity contribution is 7.16. The van der Waals surface area contributed by atoms with Crippen LogP contribution in [0.5, 0.6) is 0 Å². The SMILES string of the molecule is N#Cc1c(N)sc2c1CCN(Cc1cccc(F)c1)C2. The van der Waals surface area contributed by atoms with Crippen LogP contribution >= 0.6 is 11.3 Å². The molecule has 0 saturated carbocycles. The first-order valence-electron chi connectivity index (χ1n) is 6.44. The summed E-state index contributed by atoms with van der Waals surface area (Å²) in [6.07, 6.45) is 0.835. The van der Waals surface area contributed by atoms with E-state index < -0.39 is 0 Å². The summed E-state index contributed by atoms with van der Waals surface area (Å²) in [7, 11) is 0. The molecule has 0 atom stereocenters. The van der Waals surface area contributed by atoms with Crippen LogP contribution in [-0.4, -0.2) is 11.4 Å². The monoisotopic (exact) mass is 287 g/mol. The fourth-order valence-corrected chi connectivity index (χ4v) is 3.74. The number of nitrogen functional groups attached to an aromatic ring is 1.